The lowest BCUT2D eigenvalue weighted by Gasteiger charge is -1.77. The summed E-state index contributed by atoms with van der Waals surface area (Å²) in [6, 6.07) is 1.51. The average Bonchev–Trinajstić information content (AvgIpc) is 1.85. The van der Waals surface area contributed by atoms with Gasteiger partial charge in [-0.05, 0) is 11.6 Å². The second kappa shape index (κ2) is 2.00. The minimum atomic E-state index is 0.278. The smallest absolute Gasteiger partial charge is 0.194 e. The van der Waals surface area contributed by atoms with Gasteiger partial charge < -0.3 is 4.42 Å². The van der Waals surface area contributed by atoms with Crippen LogP contribution in [-0.4, -0.2) is 0 Å². The van der Waals surface area contributed by atoms with Gasteiger partial charge in [0.05, 0.1) is 5.02 Å². The third kappa shape index (κ3) is 0.984. The van der Waals surface area contributed by atoms with E-state index in [2.05, 4.69) is 6.92 Å². The molecule has 0 aliphatic carbocycles. The van der Waals surface area contributed by atoms with Gasteiger partial charge >= 0.3 is 0 Å². The van der Waals surface area contributed by atoms with Crippen LogP contribution in [0.15, 0.2) is 10.5 Å². The van der Waals surface area contributed by atoms with E-state index in [0.717, 1.165) is 0 Å². The highest BCUT2D eigenvalue weighted by Gasteiger charge is 1.99. The monoisotopic (exact) mass is 149 g/mol. The Morgan fingerprint density at radius 2 is 2.12 bits per heavy atom. The van der Waals surface area contributed by atoms with Crippen molar-refractivity contribution in [3.8, 4) is 0 Å². The number of hydrogen-bond donors (Lipinski definition) is 0. The van der Waals surface area contributed by atoms with Gasteiger partial charge in [-0.3, -0.25) is 0 Å². The van der Waals surface area contributed by atoms with Crippen LogP contribution in [0.5, 0.6) is 0 Å². The Bertz CT molecular complexity index is 173. The van der Waals surface area contributed by atoms with Gasteiger partial charge in [0.1, 0.15) is 5.76 Å². The lowest BCUT2D eigenvalue weighted by Crippen LogP contribution is -1.56. The minimum Gasteiger partial charge on any atom is -0.448 e. The second-order valence-corrected chi connectivity index (χ2v) is 2.10. The normalized spacial score (nSPS) is 9.88. The molecule has 0 aromatic carbocycles. The maximum Gasteiger partial charge on any atom is 0.194 e. The summed E-state index contributed by atoms with van der Waals surface area (Å²) < 4.78 is 4.74. The standard InChI is InChI=1S/C5H3Cl2O/c1-3-4(6)2-5(7)8-3/h2H,1H2. The molecular formula is C5H3Cl2O. The van der Waals surface area contributed by atoms with E-state index in [4.69, 9.17) is 27.6 Å². The molecule has 0 N–H and O–H groups in total. The molecule has 1 rings (SSSR count). The Labute approximate surface area is 57.2 Å². The van der Waals surface area contributed by atoms with Gasteiger partial charge in [-0.1, -0.05) is 11.6 Å². The molecule has 0 atom stereocenters. The number of hydrogen-bond acceptors (Lipinski definition) is 1. The molecule has 1 nitrogen and oxygen atoms in total. The van der Waals surface area contributed by atoms with E-state index in [1.165, 1.54) is 6.07 Å². The summed E-state index contributed by atoms with van der Waals surface area (Å²) in [5.41, 5.74) is 0. The largest absolute Gasteiger partial charge is 0.448 e. The molecule has 1 radical (unpaired) electrons. The maximum atomic E-state index is 5.49. The van der Waals surface area contributed by atoms with Crippen molar-refractivity contribution in [2.45, 2.75) is 0 Å². The van der Waals surface area contributed by atoms with Crippen LogP contribution < -0.4 is 0 Å². The maximum absolute atomic E-state index is 5.49. The van der Waals surface area contributed by atoms with Crippen LogP contribution in [0.25, 0.3) is 0 Å². The second-order valence-electron chi connectivity index (χ2n) is 1.32. The molecule has 1 aromatic heterocycles. The predicted molar refractivity (Wildman–Crippen MR) is 33.2 cm³/mol. The molecule has 0 bridgehead atoms. The third-order valence-corrected chi connectivity index (χ3v) is 1.23. The summed E-state index contributed by atoms with van der Waals surface area (Å²) >= 11 is 10.9. The van der Waals surface area contributed by atoms with Gasteiger partial charge in [0, 0.05) is 13.0 Å². The van der Waals surface area contributed by atoms with Crippen molar-refractivity contribution < 1.29 is 4.42 Å². The Balaban J connectivity index is 3.14. The average molecular weight is 150 g/mol. The highest BCUT2D eigenvalue weighted by molar-refractivity contribution is 6.34. The van der Waals surface area contributed by atoms with Crippen LogP contribution >= 0.6 is 23.2 Å². The fraction of sp³-hybridized carbons (Fsp3) is 0. The summed E-state index contributed by atoms with van der Waals surface area (Å²) in [6.45, 7) is 3.46. The quantitative estimate of drug-likeness (QED) is 0.554. The molecule has 1 heterocycles. The van der Waals surface area contributed by atoms with Crippen LogP contribution in [0, 0.1) is 6.92 Å². The molecule has 8 heavy (non-hydrogen) atoms. The number of halogens is 2. The van der Waals surface area contributed by atoms with E-state index in [1.54, 1.807) is 0 Å². The molecule has 0 saturated heterocycles. The van der Waals surface area contributed by atoms with Gasteiger partial charge in [-0.15, -0.1) is 0 Å². The molecule has 0 fully saturated rings. The molecule has 0 unspecified atom stereocenters. The molecule has 1 aromatic rings. The van der Waals surface area contributed by atoms with Crippen molar-refractivity contribution in [1.29, 1.82) is 0 Å². The Kier molecular flexibility index (Phi) is 1.49. The van der Waals surface area contributed by atoms with Crippen molar-refractivity contribution in [3.63, 3.8) is 0 Å². The summed E-state index contributed by atoms with van der Waals surface area (Å²) in [7, 11) is 0. The third-order valence-electron chi connectivity index (χ3n) is 0.727. The zero-order valence-electron chi connectivity index (χ0n) is 3.95. The van der Waals surface area contributed by atoms with Gasteiger partial charge in [-0.2, -0.15) is 0 Å². The van der Waals surface area contributed by atoms with Crippen molar-refractivity contribution in [2.24, 2.45) is 0 Å². The molecule has 43 valence electrons. The fourth-order valence-electron chi connectivity index (χ4n) is 0.376. The Hall–Kier alpha value is -0.140. The number of furan rings is 1. The van der Waals surface area contributed by atoms with Crippen LogP contribution in [0.2, 0.25) is 10.2 Å². The summed E-state index contributed by atoms with van der Waals surface area (Å²) in [5.74, 6) is 0.414. The molecule has 0 amide bonds. The molecule has 0 aliphatic rings. The van der Waals surface area contributed by atoms with Crippen molar-refractivity contribution in [1.82, 2.24) is 0 Å². The summed E-state index contributed by atoms with van der Waals surface area (Å²) in [5, 5.41) is 0.745. The predicted octanol–water partition coefficient (Wildman–Crippen LogP) is 2.77. The van der Waals surface area contributed by atoms with Crippen LogP contribution in [0.3, 0.4) is 0 Å². The topological polar surface area (TPSA) is 13.1 Å². The van der Waals surface area contributed by atoms with Gasteiger partial charge in [0.25, 0.3) is 0 Å². The first-order chi connectivity index (χ1) is 3.70. The van der Waals surface area contributed by atoms with Crippen LogP contribution in [0.4, 0.5) is 0 Å². The van der Waals surface area contributed by atoms with E-state index in [-0.39, 0.29) is 5.22 Å². The Morgan fingerprint density at radius 1 is 1.50 bits per heavy atom. The van der Waals surface area contributed by atoms with Crippen LogP contribution in [-0.2, 0) is 0 Å². The number of rotatable bonds is 0. The molecule has 3 heteroatoms. The van der Waals surface area contributed by atoms with E-state index in [0.29, 0.717) is 10.8 Å². The molecule has 0 saturated carbocycles. The molecule has 0 spiro atoms. The molecular weight excluding hydrogens is 147 g/mol. The highest BCUT2D eigenvalue weighted by atomic mass is 35.5. The van der Waals surface area contributed by atoms with E-state index in [9.17, 15) is 0 Å². The van der Waals surface area contributed by atoms with Crippen LogP contribution in [0.1, 0.15) is 5.76 Å². The lowest BCUT2D eigenvalue weighted by molar-refractivity contribution is 0.551. The summed E-state index contributed by atoms with van der Waals surface area (Å²) in [6.07, 6.45) is 0. The van der Waals surface area contributed by atoms with Crippen molar-refractivity contribution >= 4 is 23.2 Å². The zero-order valence-corrected chi connectivity index (χ0v) is 5.46. The van der Waals surface area contributed by atoms with E-state index in [1.807, 2.05) is 0 Å². The minimum absolute atomic E-state index is 0.278. The lowest BCUT2D eigenvalue weighted by atomic mass is 10.5. The van der Waals surface area contributed by atoms with Gasteiger partial charge in [-0.25, -0.2) is 0 Å². The molecule has 0 aliphatic heterocycles. The van der Waals surface area contributed by atoms with E-state index < -0.39 is 0 Å². The SMILES string of the molecule is [CH2]c1oc(Cl)cc1Cl. The fourth-order valence-corrected chi connectivity index (χ4v) is 0.772. The van der Waals surface area contributed by atoms with Gasteiger partial charge in [0.15, 0.2) is 5.22 Å². The first kappa shape index (κ1) is 5.99. The zero-order chi connectivity index (χ0) is 6.15. The Morgan fingerprint density at radius 3 is 2.25 bits per heavy atom. The first-order valence-electron chi connectivity index (χ1n) is 1.97. The van der Waals surface area contributed by atoms with Gasteiger partial charge in [0.2, 0.25) is 0 Å². The first-order valence-corrected chi connectivity index (χ1v) is 2.72. The van der Waals surface area contributed by atoms with Crippen molar-refractivity contribution in [3.05, 3.63) is 29.0 Å². The van der Waals surface area contributed by atoms with E-state index >= 15 is 0 Å². The van der Waals surface area contributed by atoms with Crippen molar-refractivity contribution in [2.75, 3.05) is 0 Å². The highest BCUT2D eigenvalue weighted by Crippen LogP contribution is 2.22. The summed E-state index contributed by atoms with van der Waals surface area (Å²) in [4.78, 5) is 0.